The molecule has 0 amide bonds. The van der Waals surface area contributed by atoms with Crippen molar-refractivity contribution in [1.82, 2.24) is 5.32 Å². The zero-order valence-electron chi connectivity index (χ0n) is 11.4. The lowest BCUT2D eigenvalue weighted by Crippen LogP contribution is -2.22. The molecule has 1 aromatic rings. The molecule has 1 heteroatoms. The molecule has 1 N–H and O–H groups in total. The molecular weight excluding hydrogens is 206 g/mol. The molecule has 94 valence electrons. The van der Waals surface area contributed by atoms with Gasteiger partial charge in [-0.05, 0) is 56.2 Å². The van der Waals surface area contributed by atoms with E-state index in [1.54, 1.807) is 5.56 Å². The average Bonchev–Trinajstić information content (AvgIpc) is 2.27. The quantitative estimate of drug-likeness (QED) is 0.806. The fraction of sp³-hybridized carbons (Fsp3) is 0.625. The molecule has 0 saturated heterocycles. The van der Waals surface area contributed by atoms with Crippen molar-refractivity contribution in [2.24, 2.45) is 0 Å². The van der Waals surface area contributed by atoms with Crippen LogP contribution in [0.25, 0.3) is 0 Å². The monoisotopic (exact) mass is 231 g/mol. The van der Waals surface area contributed by atoms with Gasteiger partial charge >= 0.3 is 0 Å². The highest BCUT2D eigenvalue weighted by atomic mass is 14.8. The fourth-order valence-electron chi connectivity index (χ4n) is 2.62. The van der Waals surface area contributed by atoms with E-state index in [0.29, 0.717) is 12.0 Å². The Bertz CT molecular complexity index is 337. The molecule has 0 aromatic heterocycles. The Balaban J connectivity index is 1.96. The van der Waals surface area contributed by atoms with E-state index in [1.807, 2.05) is 7.05 Å². The highest BCUT2D eigenvalue weighted by Gasteiger charge is 2.19. The predicted molar refractivity (Wildman–Crippen MR) is 74.6 cm³/mol. The summed E-state index contributed by atoms with van der Waals surface area (Å²) in [7, 11) is 2.04. The topological polar surface area (TPSA) is 12.0 Å². The highest BCUT2D eigenvalue weighted by Crippen LogP contribution is 2.36. The van der Waals surface area contributed by atoms with Crippen molar-refractivity contribution in [3.63, 3.8) is 0 Å². The van der Waals surface area contributed by atoms with Crippen molar-refractivity contribution in [2.45, 2.75) is 57.4 Å². The maximum atomic E-state index is 3.31. The first-order valence-electron chi connectivity index (χ1n) is 6.98. The molecule has 0 radical (unpaired) electrons. The van der Waals surface area contributed by atoms with Crippen LogP contribution in [0.5, 0.6) is 0 Å². The molecule has 0 bridgehead atoms. The summed E-state index contributed by atoms with van der Waals surface area (Å²) in [5, 5.41) is 3.31. The van der Waals surface area contributed by atoms with Crippen LogP contribution in [0, 0.1) is 0 Å². The van der Waals surface area contributed by atoms with Crippen molar-refractivity contribution >= 4 is 0 Å². The second-order valence-corrected chi connectivity index (χ2v) is 5.62. The molecule has 2 rings (SSSR count). The summed E-state index contributed by atoms with van der Waals surface area (Å²) in [6, 6.07) is 9.96. The van der Waals surface area contributed by atoms with Crippen molar-refractivity contribution in [2.75, 3.05) is 7.05 Å². The van der Waals surface area contributed by atoms with Crippen molar-refractivity contribution in [3.05, 3.63) is 35.4 Å². The van der Waals surface area contributed by atoms with Crippen LogP contribution in [0.4, 0.5) is 0 Å². The maximum absolute atomic E-state index is 3.31. The Morgan fingerprint density at radius 3 is 2.29 bits per heavy atom. The molecule has 0 spiro atoms. The number of rotatable bonds is 5. The van der Waals surface area contributed by atoms with Gasteiger partial charge in [-0.3, -0.25) is 0 Å². The first-order valence-corrected chi connectivity index (χ1v) is 6.98. The number of nitrogens with one attached hydrogen (secondary N) is 1. The van der Waals surface area contributed by atoms with E-state index in [-0.39, 0.29) is 0 Å². The number of hydrogen-bond acceptors (Lipinski definition) is 1. The van der Waals surface area contributed by atoms with E-state index >= 15 is 0 Å². The minimum absolute atomic E-state index is 0.594. The molecule has 0 aliphatic heterocycles. The third-order valence-electron chi connectivity index (χ3n) is 4.28. The van der Waals surface area contributed by atoms with Crippen LogP contribution in [0.1, 0.15) is 62.5 Å². The summed E-state index contributed by atoms with van der Waals surface area (Å²) >= 11 is 0. The zero-order valence-corrected chi connectivity index (χ0v) is 11.4. The van der Waals surface area contributed by atoms with Crippen LogP contribution in [0.15, 0.2) is 24.3 Å². The second-order valence-electron chi connectivity index (χ2n) is 5.62. The van der Waals surface area contributed by atoms with E-state index in [2.05, 4.69) is 43.4 Å². The summed E-state index contributed by atoms with van der Waals surface area (Å²) in [5.41, 5.74) is 3.03. The molecular formula is C16H25N. The van der Waals surface area contributed by atoms with Crippen LogP contribution < -0.4 is 5.32 Å². The molecule has 1 aromatic carbocycles. The van der Waals surface area contributed by atoms with Crippen LogP contribution in [-0.4, -0.2) is 13.1 Å². The van der Waals surface area contributed by atoms with Crippen LogP contribution >= 0.6 is 0 Å². The van der Waals surface area contributed by atoms with Gasteiger partial charge in [0.05, 0.1) is 0 Å². The average molecular weight is 231 g/mol. The molecule has 0 heterocycles. The molecule has 1 saturated carbocycles. The lowest BCUT2D eigenvalue weighted by Gasteiger charge is -2.26. The van der Waals surface area contributed by atoms with Gasteiger partial charge in [0.2, 0.25) is 0 Å². The summed E-state index contributed by atoms with van der Waals surface area (Å²) in [6.07, 6.45) is 5.42. The molecule has 2 unspecified atom stereocenters. The Labute approximate surface area is 106 Å². The maximum Gasteiger partial charge on any atom is 0.00414 e. The SMILES string of the molecule is CNC(C)CC(C)c1ccc(C2CCC2)cc1. The normalized spacial score (nSPS) is 19.7. The van der Waals surface area contributed by atoms with Gasteiger partial charge in [-0.25, -0.2) is 0 Å². The summed E-state index contributed by atoms with van der Waals surface area (Å²) in [6.45, 7) is 4.57. The van der Waals surface area contributed by atoms with Crippen LogP contribution in [0.3, 0.4) is 0 Å². The summed E-state index contributed by atoms with van der Waals surface area (Å²) in [5.74, 6) is 1.50. The van der Waals surface area contributed by atoms with Gasteiger partial charge < -0.3 is 5.32 Å². The largest absolute Gasteiger partial charge is 0.317 e. The summed E-state index contributed by atoms with van der Waals surface area (Å²) < 4.78 is 0. The molecule has 1 aliphatic carbocycles. The van der Waals surface area contributed by atoms with Crippen LogP contribution in [-0.2, 0) is 0 Å². The summed E-state index contributed by atoms with van der Waals surface area (Å²) in [4.78, 5) is 0. The van der Waals surface area contributed by atoms with Gasteiger partial charge in [-0.15, -0.1) is 0 Å². The molecule has 1 nitrogen and oxygen atoms in total. The van der Waals surface area contributed by atoms with Crippen LogP contribution in [0.2, 0.25) is 0 Å². The molecule has 17 heavy (non-hydrogen) atoms. The van der Waals surface area contributed by atoms with Gasteiger partial charge in [0, 0.05) is 6.04 Å². The van der Waals surface area contributed by atoms with Crippen molar-refractivity contribution < 1.29 is 0 Å². The minimum atomic E-state index is 0.594. The van der Waals surface area contributed by atoms with Gasteiger partial charge in [-0.1, -0.05) is 37.6 Å². The molecule has 2 atom stereocenters. The fourth-order valence-corrected chi connectivity index (χ4v) is 2.62. The third kappa shape index (κ3) is 3.10. The third-order valence-corrected chi connectivity index (χ3v) is 4.28. The minimum Gasteiger partial charge on any atom is -0.317 e. The zero-order chi connectivity index (χ0) is 12.3. The van der Waals surface area contributed by atoms with Gasteiger partial charge in [-0.2, -0.15) is 0 Å². The molecule has 1 fully saturated rings. The Morgan fingerprint density at radius 2 is 1.82 bits per heavy atom. The lowest BCUT2D eigenvalue weighted by atomic mass is 9.79. The Morgan fingerprint density at radius 1 is 1.18 bits per heavy atom. The number of benzene rings is 1. The number of hydrogen-bond donors (Lipinski definition) is 1. The van der Waals surface area contributed by atoms with Gasteiger partial charge in [0.25, 0.3) is 0 Å². The van der Waals surface area contributed by atoms with Gasteiger partial charge in [0.15, 0.2) is 0 Å². The van der Waals surface area contributed by atoms with Crippen molar-refractivity contribution in [3.8, 4) is 0 Å². The Kier molecular flexibility index (Phi) is 4.22. The van der Waals surface area contributed by atoms with Crippen molar-refractivity contribution in [1.29, 1.82) is 0 Å². The second kappa shape index (κ2) is 5.68. The highest BCUT2D eigenvalue weighted by molar-refractivity contribution is 5.28. The van der Waals surface area contributed by atoms with E-state index in [1.165, 1.54) is 31.2 Å². The molecule has 1 aliphatic rings. The standard InChI is InChI=1S/C16H25N/c1-12(11-13(2)17-3)14-7-9-16(10-8-14)15-5-4-6-15/h7-10,12-13,15,17H,4-6,11H2,1-3H3. The smallest absolute Gasteiger partial charge is 0.00414 e. The Hall–Kier alpha value is -0.820. The van der Waals surface area contributed by atoms with E-state index < -0.39 is 0 Å². The first kappa shape index (κ1) is 12.6. The lowest BCUT2D eigenvalue weighted by molar-refractivity contribution is 0.419. The first-order chi connectivity index (χ1) is 8.20. The van der Waals surface area contributed by atoms with E-state index in [9.17, 15) is 0 Å². The predicted octanol–water partition coefficient (Wildman–Crippen LogP) is 4.06. The van der Waals surface area contributed by atoms with E-state index in [4.69, 9.17) is 0 Å². The van der Waals surface area contributed by atoms with E-state index in [0.717, 1.165) is 5.92 Å². The van der Waals surface area contributed by atoms with Gasteiger partial charge in [0.1, 0.15) is 0 Å².